The Labute approximate surface area is 165 Å². The van der Waals surface area contributed by atoms with E-state index in [4.69, 9.17) is 0 Å². The van der Waals surface area contributed by atoms with Gasteiger partial charge in [0.2, 0.25) is 5.91 Å². The van der Waals surface area contributed by atoms with Crippen LogP contribution in [0.4, 0.5) is 13.2 Å². The van der Waals surface area contributed by atoms with E-state index in [1.54, 1.807) is 12.1 Å². The van der Waals surface area contributed by atoms with Crippen LogP contribution in [0.25, 0.3) is 5.57 Å². The average Bonchev–Trinajstić information content (AvgIpc) is 3.41. The van der Waals surface area contributed by atoms with Gasteiger partial charge in [0.05, 0.1) is 6.42 Å². The summed E-state index contributed by atoms with van der Waals surface area (Å²) in [6.07, 6.45) is -0.295. The highest BCUT2D eigenvalue weighted by Crippen LogP contribution is 2.38. The minimum atomic E-state index is -4.27. The van der Waals surface area contributed by atoms with Crippen molar-refractivity contribution in [2.45, 2.75) is 50.2 Å². The van der Waals surface area contributed by atoms with E-state index in [-0.39, 0.29) is 23.1 Å². The maximum atomic E-state index is 12.6. The van der Waals surface area contributed by atoms with E-state index >= 15 is 0 Å². The van der Waals surface area contributed by atoms with E-state index < -0.39 is 12.6 Å². The Hall–Kier alpha value is -2.83. The van der Waals surface area contributed by atoms with E-state index in [9.17, 15) is 22.8 Å². The number of amides is 1. The van der Waals surface area contributed by atoms with Gasteiger partial charge in [-0.15, -0.1) is 0 Å². The van der Waals surface area contributed by atoms with E-state index in [0.717, 1.165) is 18.4 Å². The van der Waals surface area contributed by atoms with Gasteiger partial charge < -0.3 is 10.3 Å². The SMILES string of the molecule is O=C1CC[C@H](/C=C(\c2ccc(CC(F)(F)F)cc2)c2ccc(C3CC3)c(=O)[nH]2)N1. The number of aromatic nitrogens is 1. The van der Waals surface area contributed by atoms with Crippen molar-refractivity contribution < 1.29 is 18.0 Å². The van der Waals surface area contributed by atoms with Gasteiger partial charge >= 0.3 is 6.18 Å². The highest BCUT2D eigenvalue weighted by molar-refractivity contribution is 5.82. The first-order valence-electron chi connectivity index (χ1n) is 9.69. The number of nitrogens with one attached hydrogen (secondary N) is 2. The van der Waals surface area contributed by atoms with Crippen molar-refractivity contribution in [2.75, 3.05) is 0 Å². The number of hydrogen-bond acceptors (Lipinski definition) is 2. The molecular weight excluding hydrogens is 381 g/mol. The minimum absolute atomic E-state index is 0.0382. The molecule has 1 saturated heterocycles. The topological polar surface area (TPSA) is 62.0 Å². The number of rotatable bonds is 5. The number of pyridine rings is 1. The Kier molecular flexibility index (Phi) is 5.06. The van der Waals surface area contributed by atoms with Crippen molar-refractivity contribution in [3.05, 3.63) is 75.2 Å². The summed E-state index contributed by atoms with van der Waals surface area (Å²) in [5, 5.41) is 2.86. The molecule has 2 aliphatic rings. The largest absolute Gasteiger partial charge is 0.393 e. The summed E-state index contributed by atoms with van der Waals surface area (Å²) in [5.74, 6) is 0.278. The Balaban J connectivity index is 1.69. The highest BCUT2D eigenvalue weighted by atomic mass is 19.4. The quantitative estimate of drug-likeness (QED) is 0.792. The molecule has 4 nitrogen and oxygen atoms in total. The van der Waals surface area contributed by atoms with Crippen molar-refractivity contribution in [1.29, 1.82) is 0 Å². The first-order valence-corrected chi connectivity index (χ1v) is 9.69. The Bertz CT molecular complexity index is 1000. The van der Waals surface area contributed by atoms with E-state index in [2.05, 4.69) is 10.3 Å². The smallest absolute Gasteiger partial charge is 0.350 e. The summed E-state index contributed by atoms with van der Waals surface area (Å²) in [6.45, 7) is 0. The summed E-state index contributed by atoms with van der Waals surface area (Å²) in [6, 6.07) is 9.61. The lowest BCUT2D eigenvalue weighted by Gasteiger charge is -2.14. The molecular formula is C22H21F3N2O2. The van der Waals surface area contributed by atoms with Crippen LogP contribution in [0, 0.1) is 0 Å². The molecule has 4 rings (SSSR count). The Morgan fingerprint density at radius 1 is 1.03 bits per heavy atom. The maximum Gasteiger partial charge on any atom is 0.393 e. The van der Waals surface area contributed by atoms with Crippen molar-refractivity contribution in [1.82, 2.24) is 10.3 Å². The van der Waals surface area contributed by atoms with Crippen LogP contribution < -0.4 is 10.9 Å². The molecule has 1 atom stereocenters. The second-order valence-electron chi connectivity index (χ2n) is 7.71. The predicted octanol–water partition coefficient (Wildman–Crippen LogP) is 4.07. The van der Waals surface area contributed by atoms with Crippen molar-refractivity contribution >= 4 is 11.5 Å². The fourth-order valence-corrected chi connectivity index (χ4v) is 3.70. The lowest BCUT2D eigenvalue weighted by atomic mass is 9.97. The first kappa shape index (κ1) is 19.5. The standard InChI is InChI=1S/C22H21F3N2O2/c23-22(24,25)12-13-1-3-15(4-2-13)18(11-16-7-10-20(28)26-16)19-9-8-17(14-5-6-14)21(29)27-19/h1-4,8-9,11,14,16H,5-7,10,12H2,(H,26,28)(H,27,29)/b18-11+/t16-/m1/s1. The van der Waals surface area contributed by atoms with Crippen LogP contribution in [0.3, 0.4) is 0 Å². The van der Waals surface area contributed by atoms with Gasteiger partial charge in [0, 0.05) is 29.3 Å². The molecule has 2 heterocycles. The second kappa shape index (κ2) is 7.54. The second-order valence-corrected chi connectivity index (χ2v) is 7.71. The predicted molar refractivity (Wildman–Crippen MR) is 103 cm³/mol. The average molecular weight is 402 g/mol. The molecule has 1 amide bonds. The lowest BCUT2D eigenvalue weighted by molar-refractivity contribution is -0.127. The molecule has 2 fully saturated rings. The number of carbonyl (C=O) groups excluding carboxylic acids is 1. The zero-order chi connectivity index (χ0) is 20.6. The molecule has 1 aromatic carbocycles. The number of halogens is 3. The van der Waals surface area contributed by atoms with E-state index in [1.165, 1.54) is 12.1 Å². The maximum absolute atomic E-state index is 12.6. The number of benzene rings is 1. The van der Waals surface area contributed by atoms with Crippen LogP contribution in [0.1, 0.15) is 54.0 Å². The fraction of sp³-hybridized carbons (Fsp3) is 0.364. The van der Waals surface area contributed by atoms with E-state index in [1.807, 2.05) is 18.2 Å². The zero-order valence-corrected chi connectivity index (χ0v) is 15.7. The highest BCUT2D eigenvalue weighted by Gasteiger charge is 2.28. The van der Waals surface area contributed by atoms with Gasteiger partial charge in [-0.05, 0) is 42.4 Å². The van der Waals surface area contributed by atoms with Gasteiger partial charge in [0.1, 0.15) is 0 Å². The number of aromatic amines is 1. The molecule has 152 valence electrons. The molecule has 29 heavy (non-hydrogen) atoms. The van der Waals surface area contributed by atoms with Gasteiger partial charge in [-0.25, -0.2) is 0 Å². The molecule has 7 heteroatoms. The summed E-state index contributed by atoms with van der Waals surface area (Å²) in [4.78, 5) is 27.0. The lowest BCUT2D eigenvalue weighted by Crippen LogP contribution is -2.23. The normalized spacial score (nSPS) is 20.0. The Morgan fingerprint density at radius 3 is 2.31 bits per heavy atom. The van der Waals surface area contributed by atoms with Crippen molar-refractivity contribution in [3.8, 4) is 0 Å². The van der Waals surface area contributed by atoms with Crippen LogP contribution in [-0.2, 0) is 11.2 Å². The van der Waals surface area contributed by atoms with Crippen LogP contribution in [0.2, 0.25) is 0 Å². The van der Waals surface area contributed by atoms with Gasteiger partial charge in [0.25, 0.3) is 5.56 Å². The molecule has 1 aliphatic heterocycles. The molecule has 0 bridgehead atoms. The van der Waals surface area contributed by atoms with Crippen molar-refractivity contribution in [3.63, 3.8) is 0 Å². The third-order valence-electron chi connectivity index (χ3n) is 5.31. The van der Waals surface area contributed by atoms with Crippen molar-refractivity contribution in [2.24, 2.45) is 0 Å². The van der Waals surface area contributed by atoms with Gasteiger partial charge in [-0.2, -0.15) is 13.2 Å². The Morgan fingerprint density at radius 2 is 1.76 bits per heavy atom. The number of alkyl halides is 3. The fourth-order valence-electron chi connectivity index (χ4n) is 3.70. The molecule has 0 spiro atoms. The molecule has 0 radical (unpaired) electrons. The third kappa shape index (κ3) is 4.78. The summed E-state index contributed by atoms with van der Waals surface area (Å²) < 4.78 is 37.9. The summed E-state index contributed by atoms with van der Waals surface area (Å²) in [7, 11) is 0. The number of hydrogen-bond donors (Lipinski definition) is 2. The molecule has 1 aliphatic carbocycles. The van der Waals surface area contributed by atoms with Crippen LogP contribution in [0.5, 0.6) is 0 Å². The minimum Gasteiger partial charge on any atom is -0.350 e. The van der Waals surface area contributed by atoms with Crippen LogP contribution in [0.15, 0.2) is 47.3 Å². The molecule has 1 saturated carbocycles. The van der Waals surface area contributed by atoms with Gasteiger partial charge in [-0.3, -0.25) is 9.59 Å². The molecule has 1 aromatic heterocycles. The van der Waals surface area contributed by atoms with Crippen LogP contribution in [-0.4, -0.2) is 23.1 Å². The van der Waals surface area contributed by atoms with Crippen LogP contribution >= 0.6 is 0 Å². The van der Waals surface area contributed by atoms with E-state index in [0.29, 0.717) is 35.6 Å². The molecule has 0 unspecified atom stereocenters. The monoisotopic (exact) mass is 402 g/mol. The summed E-state index contributed by atoms with van der Waals surface area (Å²) >= 11 is 0. The number of H-pyrrole nitrogens is 1. The van der Waals surface area contributed by atoms with Gasteiger partial charge in [0.15, 0.2) is 0 Å². The first-order chi connectivity index (χ1) is 13.8. The third-order valence-corrected chi connectivity index (χ3v) is 5.31. The summed E-state index contributed by atoms with van der Waals surface area (Å²) in [5.41, 5.74) is 2.77. The zero-order valence-electron chi connectivity index (χ0n) is 15.7. The van der Waals surface area contributed by atoms with Gasteiger partial charge in [-0.1, -0.05) is 36.4 Å². The molecule has 2 aromatic rings. The molecule has 2 N–H and O–H groups in total. The number of carbonyl (C=O) groups is 1.